The van der Waals surface area contributed by atoms with Gasteiger partial charge in [-0.3, -0.25) is 0 Å². The number of pyridine rings is 1. The number of benzene rings is 1. The summed E-state index contributed by atoms with van der Waals surface area (Å²) in [6.45, 7) is 5.00. The number of para-hydroxylation sites is 1. The van der Waals surface area contributed by atoms with Gasteiger partial charge in [-0.25, -0.2) is 4.98 Å². The molecule has 1 aromatic heterocycles. The number of nitrogens with two attached hydrogens (primary N) is 3. The Morgan fingerprint density at radius 1 is 1.06 bits per heavy atom. The Morgan fingerprint density at radius 2 is 1.79 bits per heavy atom. The Labute approximate surface area is 194 Å². The van der Waals surface area contributed by atoms with Crippen molar-refractivity contribution in [3.05, 3.63) is 65.8 Å². The van der Waals surface area contributed by atoms with Gasteiger partial charge in [-0.2, -0.15) is 0 Å². The highest BCUT2D eigenvalue weighted by molar-refractivity contribution is 5.70. The van der Waals surface area contributed by atoms with Gasteiger partial charge in [-0.15, -0.1) is 0 Å². The molecule has 9 heteroatoms. The maximum atomic E-state index is 10.1. The summed E-state index contributed by atoms with van der Waals surface area (Å²) in [5.41, 5.74) is 21.0. The lowest BCUT2D eigenvalue weighted by Gasteiger charge is -2.38. The summed E-state index contributed by atoms with van der Waals surface area (Å²) in [5, 5.41) is 13.4. The Kier molecular flexibility index (Phi) is 7.09. The molecule has 2 saturated heterocycles. The third kappa shape index (κ3) is 5.61. The molecule has 2 aromatic rings. The predicted octanol–water partition coefficient (Wildman–Crippen LogP) is 1.13. The van der Waals surface area contributed by atoms with E-state index in [0.717, 1.165) is 57.8 Å². The van der Waals surface area contributed by atoms with E-state index < -0.39 is 0 Å². The third-order valence-corrected chi connectivity index (χ3v) is 6.08. The molecule has 0 atom stereocenters. The van der Waals surface area contributed by atoms with Crippen molar-refractivity contribution in [2.24, 2.45) is 17.2 Å². The van der Waals surface area contributed by atoms with E-state index in [4.69, 9.17) is 21.9 Å². The number of anilines is 1. The highest BCUT2D eigenvalue weighted by Gasteiger charge is 2.21. The fourth-order valence-electron chi connectivity index (χ4n) is 4.25. The van der Waals surface area contributed by atoms with Crippen LogP contribution < -0.4 is 32.2 Å². The Hall–Kier alpha value is -3.59. The molecule has 2 aliphatic rings. The normalized spacial score (nSPS) is 17.6. The highest BCUT2D eigenvalue weighted by atomic mass is 16.5. The van der Waals surface area contributed by atoms with E-state index in [-0.39, 0.29) is 17.7 Å². The van der Waals surface area contributed by atoms with E-state index in [1.165, 1.54) is 0 Å². The molecule has 0 saturated carbocycles. The molecule has 0 spiro atoms. The number of aromatic hydroxyl groups is 1. The molecule has 176 valence electrons. The molecule has 0 unspecified atom stereocenters. The molecule has 2 fully saturated rings. The van der Waals surface area contributed by atoms with Gasteiger partial charge in [0.2, 0.25) is 5.88 Å². The van der Waals surface area contributed by atoms with Gasteiger partial charge >= 0.3 is 0 Å². The summed E-state index contributed by atoms with van der Waals surface area (Å²) in [6.07, 6.45) is 5.75. The van der Waals surface area contributed by atoms with E-state index >= 15 is 0 Å². The number of aromatic nitrogens is 1. The van der Waals surface area contributed by atoms with Crippen molar-refractivity contribution in [1.29, 1.82) is 0 Å². The van der Waals surface area contributed by atoms with Gasteiger partial charge in [-0.05, 0) is 50.2 Å². The smallest absolute Gasteiger partial charge is 0.215 e. The van der Waals surface area contributed by atoms with Crippen LogP contribution in [0.15, 0.2) is 60.2 Å². The average molecular weight is 452 g/mol. The first kappa shape index (κ1) is 22.6. The summed E-state index contributed by atoms with van der Waals surface area (Å²) in [6, 6.07) is 11.0. The minimum Gasteiger partial charge on any atom is -0.507 e. The second-order valence-electron chi connectivity index (χ2n) is 8.35. The summed E-state index contributed by atoms with van der Waals surface area (Å²) >= 11 is 0. The Bertz CT molecular complexity index is 1010. The van der Waals surface area contributed by atoms with Gasteiger partial charge in [0.05, 0.1) is 5.70 Å². The molecule has 33 heavy (non-hydrogen) atoms. The number of rotatable bonds is 6. The first-order valence-corrected chi connectivity index (χ1v) is 11.4. The number of phenolic OH excluding ortho intramolecular Hbond substituents is 1. The van der Waals surface area contributed by atoms with E-state index in [2.05, 4.69) is 20.1 Å². The van der Waals surface area contributed by atoms with Gasteiger partial charge in [0.15, 0.2) is 0 Å². The van der Waals surface area contributed by atoms with Crippen LogP contribution in [0.3, 0.4) is 0 Å². The maximum Gasteiger partial charge on any atom is 0.215 e. The summed E-state index contributed by atoms with van der Waals surface area (Å²) in [7, 11) is 0. The van der Waals surface area contributed by atoms with Crippen molar-refractivity contribution < 1.29 is 9.84 Å². The Morgan fingerprint density at radius 3 is 2.48 bits per heavy atom. The number of nitrogens with zero attached hydrogens (tertiary/aromatic N) is 3. The van der Waals surface area contributed by atoms with Crippen molar-refractivity contribution >= 4 is 11.4 Å². The monoisotopic (exact) mass is 451 g/mol. The van der Waals surface area contributed by atoms with E-state index in [1.54, 1.807) is 30.5 Å². The second kappa shape index (κ2) is 10.4. The number of hydrogen-bond donors (Lipinski definition) is 5. The summed E-state index contributed by atoms with van der Waals surface area (Å²) in [5.74, 6) is 0.988. The van der Waals surface area contributed by atoms with Crippen LogP contribution in [0.4, 0.5) is 5.69 Å². The molecule has 0 bridgehead atoms. The van der Waals surface area contributed by atoms with E-state index in [0.29, 0.717) is 22.8 Å². The zero-order chi connectivity index (χ0) is 23.2. The lowest BCUT2D eigenvalue weighted by atomic mass is 10.1. The fraction of sp³-hybridized carbons (Fsp3) is 0.375. The first-order valence-electron chi connectivity index (χ1n) is 11.4. The fourth-order valence-corrected chi connectivity index (χ4v) is 4.25. The number of piperazine rings is 1. The highest BCUT2D eigenvalue weighted by Crippen LogP contribution is 2.26. The van der Waals surface area contributed by atoms with Crippen LogP contribution in [-0.2, 0) is 0 Å². The lowest BCUT2D eigenvalue weighted by molar-refractivity contribution is 0.156. The third-order valence-electron chi connectivity index (χ3n) is 6.08. The SMILES string of the molecule is NC(N)=C(/C=C(\N)c1ccccc1O)N1CCN(c2ccnc(OC3CCNCC3)c2)CC1. The molecular weight excluding hydrogens is 418 g/mol. The zero-order valence-electron chi connectivity index (χ0n) is 18.8. The van der Waals surface area contributed by atoms with Crippen LogP contribution in [-0.4, -0.2) is 60.4 Å². The van der Waals surface area contributed by atoms with Crippen molar-refractivity contribution in [3.8, 4) is 11.6 Å². The number of allylic oxidation sites excluding steroid dienone is 1. The van der Waals surface area contributed by atoms with Gasteiger partial charge < -0.3 is 42.2 Å². The van der Waals surface area contributed by atoms with Crippen LogP contribution >= 0.6 is 0 Å². The Balaban J connectivity index is 1.41. The molecule has 1 aromatic carbocycles. The standard InChI is InChI=1S/C24H33N7O2/c25-20(19-3-1-2-4-22(19)32)16-21(24(26)27)31-13-11-30(12-14-31)17-5-10-29-23(15-17)33-18-6-8-28-9-7-18/h1-5,10,15-16,18,28,32H,6-9,11-14,25-27H2/b20-16-. The van der Waals surface area contributed by atoms with Gasteiger partial charge in [0.1, 0.15) is 17.7 Å². The quantitative estimate of drug-likeness (QED) is 0.409. The number of phenols is 1. The van der Waals surface area contributed by atoms with Gasteiger partial charge in [0.25, 0.3) is 0 Å². The molecule has 9 nitrogen and oxygen atoms in total. The second-order valence-corrected chi connectivity index (χ2v) is 8.35. The minimum absolute atomic E-state index is 0.117. The van der Waals surface area contributed by atoms with E-state index in [1.807, 2.05) is 18.2 Å². The minimum atomic E-state index is 0.117. The van der Waals surface area contributed by atoms with Crippen LogP contribution in [0.2, 0.25) is 0 Å². The van der Waals surface area contributed by atoms with Crippen molar-refractivity contribution in [2.45, 2.75) is 18.9 Å². The molecule has 4 rings (SSSR count). The van der Waals surface area contributed by atoms with Crippen molar-refractivity contribution in [3.63, 3.8) is 0 Å². The zero-order valence-corrected chi connectivity index (χ0v) is 18.8. The van der Waals surface area contributed by atoms with Crippen LogP contribution in [0.5, 0.6) is 11.6 Å². The lowest BCUT2D eigenvalue weighted by Crippen LogP contribution is -2.46. The van der Waals surface area contributed by atoms with E-state index in [9.17, 15) is 5.11 Å². The molecule has 0 aliphatic carbocycles. The van der Waals surface area contributed by atoms with Crippen molar-refractivity contribution in [2.75, 3.05) is 44.2 Å². The average Bonchev–Trinajstić information content (AvgIpc) is 2.83. The molecule has 3 heterocycles. The predicted molar refractivity (Wildman–Crippen MR) is 130 cm³/mol. The molecule has 8 N–H and O–H groups in total. The molecule has 0 amide bonds. The number of ether oxygens (including phenoxy) is 1. The van der Waals surface area contributed by atoms with Crippen LogP contribution in [0, 0.1) is 0 Å². The summed E-state index contributed by atoms with van der Waals surface area (Å²) in [4.78, 5) is 8.82. The number of nitrogens with one attached hydrogen (secondary N) is 1. The topological polar surface area (TPSA) is 139 Å². The van der Waals surface area contributed by atoms with Crippen molar-refractivity contribution in [1.82, 2.24) is 15.2 Å². The van der Waals surface area contributed by atoms with Gasteiger partial charge in [-0.1, -0.05) is 12.1 Å². The molecule has 2 aliphatic heterocycles. The summed E-state index contributed by atoms with van der Waals surface area (Å²) < 4.78 is 6.10. The molecular formula is C24H33N7O2. The first-order chi connectivity index (χ1) is 16.0. The van der Waals surface area contributed by atoms with Gasteiger partial charge in [0, 0.05) is 55.4 Å². The maximum absolute atomic E-state index is 10.1. The molecule has 0 radical (unpaired) electrons. The number of piperidine rings is 1. The largest absolute Gasteiger partial charge is 0.507 e. The van der Waals surface area contributed by atoms with Crippen LogP contribution in [0.25, 0.3) is 5.70 Å². The van der Waals surface area contributed by atoms with Crippen LogP contribution in [0.1, 0.15) is 18.4 Å². The number of hydrogen-bond acceptors (Lipinski definition) is 9.